The first-order chi connectivity index (χ1) is 16.1. The summed E-state index contributed by atoms with van der Waals surface area (Å²) in [6, 6.07) is 24.2. The number of carbonyl (C=O) groups excluding carboxylic acids is 2. The number of allylic oxidation sites excluding steroid dienone is 3. The zero-order chi connectivity index (χ0) is 22.8. The van der Waals surface area contributed by atoms with Crippen LogP contribution in [0.15, 0.2) is 95.3 Å². The van der Waals surface area contributed by atoms with Crippen LogP contribution in [0.25, 0.3) is 10.8 Å². The zero-order valence-corrected chi connectivity index (χ0v) is 18.8. The van der Waals surface area contributed by atoms with Crippen LogP contribution in [0.4, 0.5) is 0 Å². The molecule has 1 heterocycles. The summed E-state index contributed by atoms with van der Waals surface area (Å²) in [4.78, 5) is 26.6. The van der Waals surface area contributed by atoms with Crippen LogP contribution in [-0.4, -0.2) is 18.4 Å². The van der Waals surface area contributed by atoms with Crippen LogP contribution in [0, 0.1) is 0 Å². The molecule has 2 aliphatic rings. The molecule has 1 aliphatic carbocycles. The average molecular weight is 438 g/mol. The second-order valence-electron chi connectivity index (χ2n) is 8.71. The predicted molar refractivity (Wildman–Crippen MR) is 130 cm³/mol. The smallest absolute Gasteiger partial charge is 0.336 e. The van der Waals surface area contributed by atoms with E-state index in [4.69, 9.17) is 4.74 Å². The molecule has 0 aromatic heterocycles. The Morgan fingerprint density at radius 2 is 1.73 bits per heavy atom. The molecule has 0 saturated heterocycles. The fourth-order valence-electron chi connectivity index (χ4n) is 5.05. The highest BCUT2D eigenvalue weighted by atomic mass is 16.5. The number of carbonyl (C=O) groups is 2. The van der Waals surface area contributed by atoms with Gasteiger partial charge in [0.2, 0.25) is 0 Å². The maximum Gasteiger partial charge on any atom is 0.336 e. The van der Waals surface area contributed by atoms with E-state index in [1.807, 2.05) is 61.5 Å². The van der Waals surface area contributed by atoms with E-state index < -0.39 is 5.92 Å². The number of esters is 1. The minimum Gasteiger partial charge on any atom is -0.462 e. The van der Waals surface area contributed by atoms with Gasteiger partial charge in [-0.1, -0.05) is 72.8 Å². The Morgan fingerprint density at radius 3 is 2.58 bits per heavy atom. The van der Waals surface area contributed by atoms with Crippen LogP contribution in [-0.2, 0) is 20.7 Å². The summed E-state index contributed by atoms with van der Waals surface area (Å²) in [5, 5.41) is 5.52. The third kappa shape index (κ3) is 4.09. The molecule has 1 N–H and O–H groups in total. The summed E-state index contributed by atoms with van der Waals surface area (Å²) in [7, 11) is 0. The van der Waals surface area contributed by atoms with Gasteiger partial charge in [-0.2, -0.15) is 0 Å². The molecule has 166 valence electrons. The molecule has 0 saturated carbocycles. The number of hydrogen-bond donors (Lipinski definition) is 1. The molecule has 0 radical (unpaired) electrons. The predicted octanol–water partition coefficient (Wildman–Crippen LogP) is 5.59. The summed E-state index contributed by atoms with van der Waals surface area (Å²) >= 11 is 0. The lowest BCUT2D eigenvalue weighted by Gasteiger charge is -2.34. The molecule has 3 aromatic carbocycles. The summed E-state index contributed by atoms with van der Waals surface area (Å²) < 4.78 is 5.76. The van der Waals surface area contributed by atoms with Gasteiger partial charge in [-0.25, -0.2) is 4.79 Å². The van der Waals surface area contributed by atoms with Crippen LogP contribution in [0.2, 0.25) is 0 Å². The first-order valence-corrected chi connectivity index (χ1v) is 11.6. The van der Waals surface area contributed by atoms with Crippen molar-refractivity contribution in [1.82, 2.24) is 5.32 Å². The standard InChI is InChI=1S/C29H27NO3/c1-19-26(29(32)33-18-17-20-9-3-2-4-10-20)27(28-24(30-19)15-8-16-25(28)31)23-14-7-12-21-11-5-6-13-22(21)23/h2-7,9-14,27,30H,8,15-18H2,1H3/t27-/m1/s1. The Hall–Kier alpha value is -3.66. The molecule has 1 aliphatic heterocycles. The number of benzene rings is 3. The maximum absolute atomic E-state index is 13.4. The van der Waals surface area contributed by atoms with Crippen LogP contribution in [0.3, 0.4) is 0 Å². The van der Waals surface area contributed by atoms with Gasteiger partial charge in [0.15, 0.2) is 5.78 Å². The summed E-state index contributed by atoms with van der Waals surface area (Å²) in [6.45, 7) is 2.20. The van der Waals surface area contributed by atoms with E-state index in [1.54, 1.807) is 0 Å². The van der Waals surface area contributed by atoms with Crippen molar-refractivity contribution in [3.8, 4) is 0 Å². The van der Waals surface area contributed by atoms with Gasteiger partial charge in [0, 0.05) is 35.7 Å². The van der Waals surface area contributed by atoms with E-state index in [-0.39, 0.29) is 11.8 Å². The summed E-state index contributed by atoms with van der Waals surface area (Å²) in [6.07, 6.45) is 2.81. The Morgan fingerprint density at radius 1 is 0.970 bits per heavy atom. The zero-order valence-electron chi connectivity index (χ0n) is 18.8. The lowest BCUT2D eigenvalue weighted by molar-refractivity contribution is -0.139. The van der Waals surface area contributed by atoms with E-state index in [0.717, 1.165) is 51.7 Å². The van der Waals surface area contributed by atoms with E-state index >= 15 is 0 Å². The molecular formula is C29H27NO3. The Bertz CT molecular complexity index is 1280. The van der Waals surface area contributed by atoms with Crippen molar-refractivity contribution in [3.05, 3.63) is 106 Å². The van der Waals surface area contributed by atoms with Crippen molar-refractivity contribution in [3.63, 3.8) is 0 Å². The topological polar surface area (TPSA) is 55.4 Å². The third-order valence-electron chi connectivity index (χ3n) is 6.60. The number of rotatable bonds is 5. The lowest BCUT2D eigenvalue weighted by atomic mass is 9.74. The number of fused-ring (bicyclic) bond motifs is 1. The van der Waals surface area contributed by atoms with E-state index in [9.17, 15) is 9.59 Å². The minimum absolute atomic E-state index is 0.115. The highest BCUT2D eigenvalue weighted by molar-refractivity contribution is 6.05. The van der Waals surface area contributed by atoms with Gasteiger partial charge in [-0.05, 0) is 41.7 Å². The second-order valence-corrected chi connectivity index (χ2v) is 8.71. The van der Waals surface area contributed by atoms with Crippen molar-refractivity contribution in [2.24, 2.45) is 0 Å². The molecule has 33 heavy (non-hydrogen) atoms. The normalized spacial score (nSPS) is 18.2. The summed E-state index contributed by atoms with van der Waals surface area (Å²) in [5.41, 5.74) is 5.07. The van der Waals surface area contributed by atoms with Gasteiger partial charge in [0.25, 0.3) is 0 Å². The van der Waals surface area contributed by atoms with Crippen molar-refractivity contribution in [2.45, 2.75) is 38.5 Å². The van der Waals surface area contributed by atoms with E-state index in [0.29, 0.717) is 25.0 Å². The Balaban J connectivity index is 1.54. The number of nitrogens with one attached hydrogen (secondary N) is 1. The van der Waals surface area contributed by atoms with Crippen LogP contribution < -0.4 is 5.32 Å². The molecule has 0 amide bonds. The van der Waals surface area contributed by atoms with Crippen molar-refractivity contribution >= 4 is 22.5 Å². The van der Waals surface area contributed by atoms with Crippen molar-refractivity contribution < 1.29 is 14.3 Å². The number of ether oxygens (including phenoxy) is 1. The van der Waals surface area contributed by atoms with Crippen LogP contribution in [0.5, 0.6) is 0 Å². The van der Waals surface area contributed by atoms with E-state index in [2.05, 4.69) is 23.5 Å². The van der Waals surface area contributed by atoms with Gasteiger partial charge in [-0.15, -0.1) is 0 Å². The molecule has 3 aromatic rings. The third-order valence-corrected chi connectivity index (χ3v) is 6.60. The molecular weight excluding hydrogens is 410 g/mol. The number of ketones is 1. The quantitative estimate of drug-likeness (QED) is 0.529. The highest BCUT2D eigenvalue weighted by Crippen LogP contribution is 2.44. The highest BCUT2D eigenvalue weighted by Gasteiger charge is 2.39. The summed E-state index contributed by atoms with van der Waals surface area (Å²) in [5.74, 6) is -0.674. The first kappa shape index (κ1) is 21.2. The lowest BCUT2D eigenvalue weighted by Crippen LogP contribution is -2.34. The average Bonchev–Trinajstić information content (AvgIpc) is 2.83. The number of hydrogen-bond acceptors (Lipinski definition) is 4. The molecule has 4 nitrogen and oxygen atoms in total. The van der Waals surface area contributed by atoms with Crippen molar-refractivity contribution in [1.29, 1.82) is 0 Å². The largest absolute Gasteiger partial charge is 0.462 e. The van der Waals surface area contributed by atoms with Crippen LogP contribution in [0.1, 0.15) is 43.2 Å². The Kier molecular flexibility index (Phi) is 5.82. The molecule has 4 heteroatoms. The maximum atomic E-state index is 13.4. The van der Waals surface area contributed by atoms with E-state index in [1.165, 1.54) is 0 Å². The molecule has 0 unspecified atom stereocenters. The van der Waals surface area contributed by atoms with Crippen LogP contribution >= 0.6 is 0 Å². The van der Waals surface area contributed by atoms with Gasteiger partial charge < -0.3 is 10.1 Å². The fourth-order valence-corrected chi connectivity index (χ4v) is 5.05. The SMILES string of the molecule is CC1=C(C(=O)OCCc2ccccc2)[C@@H](c2cccc3ccccc23)C2=C(CCCC2=O)N1. The Labute approximate surface area is 194 Å². The van der Waals surface area contributed by atoms with Crippen molar-refractivity contribution in [2.75, 3.05) is 6.61 Å². The fraction of sp³-hybridized carbons (Fsp3) is 0.241. The van der Waals surface area contributed by atoms with Gasteiger partial charge in [0.1, 0.15) is 0 Å². The number of Topliss-reactive ketones (excluding diaryl/α,β-unsaturated/α-hetero) is 1. The van der Waals surface area contributed by atoms with Gasteiger partial charge in [-0.3, -0.25) is 4.79 Å². The monoisotopic (exact) mass is 437 g/mol. The molecule has 0 bridgehead atoms. The molecule has 0 spiro atoms. The van der Waals surface area contributed by atoms with Gasteiger partial charge >= 0.3 is 5.97 Å². The first-order valence-electron chi connectivity index (χ1n) is 11.6. The minimum atomic E-state index is -0.427. The van der Waals surface area contributed by atoms with Gasteiger partial charge in [0.05, 0.1) is 12.2 Å². The number of dihydropyridines is 1. The molecule has 1 atom stereocenters. The molecule has 5 rings (SSSR count). The molecule has 0 fully saturated rings. The second kappa shape index (κ2) is 9.07.